The van der Waals surface area contributed by atoms with E-state index in [1.165, 1.54) is 12.8 Å². The van der Waals surface area contributed by atoms with Crippen molar-refractivity contribution >= 4 is 5.82 Å². The minimum atomic E-state index is -0.416. The summed E-state index contributed by atoms with van der Waals surface area (Å²) in [7, 11) is 0. The van der Waals surface area contributed by atoms with E-state index in [0.717, 1.165) is 36.8 Å². The second-order valence-electron chi connectivity index (χ2n) is 5.01. The molecule has 1 fully saturated rings. The van der Waals surface area contributed by atoms with E-state index in [4.69, 9.17) is 0 Å². The first-order chi connectivity index (χ1) is 8.20. The van der Waals surface area contributed by atoms with Gasteiger partial charge >= 0.3 is 0 Å². The number of hydrogen-bond acceptors (Lipinski definition) is 3. The van der Waals surface area contributed by atoms with E-state index in [1.54, 1.807) is 13.1 Å². The molecule has 1 aromatic heterocycles. The lowest BCUT2D eigenvalue weighted by molar-refractivity contribution is 0.199. The van der Waals surface area contributed by atoms with Crippen LogP contribution in [0.2, 0.25) is 0 Å². The van der Waals surface area contributed by atoms with Crippen molar-refractivity contribution < 1.29 is 5.11 Å². The quantitative estimate of drug-likeness (QED) is 0.822. The molecule has 3 nitrogen and oxygen atoms in total. The largest absolute Gasteiger partial charge is 0.389 e. The van der Waals surface area contributed by atoms with Crippen molar-refractivity contribution in [3.63, 3.8) is 0 Å². The Morgan fingerprint density at radius 2 is 2.29 bits per heavy atom. The van der Waals surface area contributed by atoms with Crippen LogP contribution in [0.3, 0.4) is 0 Å². The predicted molar refractivity (Wildman–Crippen MR) is 70.1 cm³/mol. The SMILES string of the molecule is CCCN(CC1CC1)c1cc([C@H](C)O)ccn1. The molecular formula is C14H22N2O. The highest BCUT2D eigenvalue weighted by atomic mass is 16.3. The summed E-state index contributed by atoms with van der Waals surface area (Å²) in [5.41, 5.74) is 0.951. The zero-order valence-corrected chi connectivity index (χ0v) is 10.8. The molecule has 1 saturated carbocycles. The van der Waals surface area contributed by atoms with E-state index < -0.39 is 6.10 Å². The fraction of sp³-hybridized carbons (Fsp3) is 0.643. The lowest BCUT2D eigenvalue weighted by Crippen LogP contribution is -2.27. The van der Waals surface area contributed by atoms with Crippen molar-refractivity contribution in [3.05, 3.63) is 23.9 Å². The molecule has 3 heteroatoms. The van der Waals surface area contributed by atoms with Crippen LogP contribution in [0.4, 0.5) is 5.82 Å². The Kier molecular flexibility index (Phi) is 4.00. The van der Waals surface area contributed by atoms with Crippen LogP contribution in [0.1, 0.15) is 44.8 Å². The van der Waals surface area contributed by atoms with Crippen LogP contribution >= 0.6 is 0 Å². The van der Waals surface area contributed by atoms with Gasteiger partial charge in [-0.15, -0.1) is 0 Å². The molecule has 1 aromatic rings. The van der Waals surface area contributed by atoms with Crippen molar-refractivity contribution in [3.8, 4) is 0 Å². The highest BCUT2D eigenvalue weighted by molar-refractivity contribution is 5.41. The summed E-state index contributed by atoms with van der Waals surface area (Å²) in [5, 5.41) is 9.61. The third-order valence-corrected chi connectivity index (χ3v) is 3.24. The van der Waals surface area contributed by atoms with E-state index in [-0.39, 0.29) is 0 Å². The Balaban J connectivity index is 2.12. The minimum Gasteiger partial charge on any atom is -0.389 e. The molecule has 0 radical (unpaired) electrons. The first-order valence-electron chi connectivity index (χ1n) is 6.59. The van der Waals surface area contributed by atoms with Gasteiger partial charge in [0.05, 0.1) is 6.10 Å². The van der Waals surface area contributed by atoms with Gasteiger partial charge in [0.25, 0.3) is 0 Å². The monoisotopic (exact) mass is 234 g/mol. The van der Waals surface area contributed by atoms with Crippen LogP contribution in [0.25, 0.3) is 0 Å². The topological polar surface area (TPSA) is 36.4 Å². The van der Waals surface area contributed by atoms with Crippen LogP contribution in [0.5, 0.6) is 0 Å². The molecule has 0 spiro atoms. The lowest BCUT2D eigenvalue weighted by atomic mass is 10.1. The van der Waals surface area contributed by atoms with Crippen LogP contribution in [0.15, 0.2) is 18.3 Å². The Hall–Kier alpha value is -1.09. The van der Waals surface area contributed by atoms with Crippen molar-refractivity contribution in [2.24, 2.45) is 5.92 Å². The molecule has 0 aliphatic heterocycles. The van der Waals surface area contributed by atoms with Crippen molar-refractivity contribution in [1.29, 1.82) is 0 Å². The fourth-order valence-electron chi connectivity index (χ4n) is 2.05. The zero-order chi connectivity index (χ0) is 12.3. The number of pyridine rings is 1. The normalized spacial score (nSPS) is 16.9. The van der Waals surface area contributed by atoms with Gasteiger partial charge in [-0.05, 0) is 49.8 Å². The average molecular weight is 234 g/mol. The van der Waals surface area contributed by atoms with Gasteiger partial charge in [-0.25, -0.2) is 4.98 Å². The van der Waals surface area contributed by atoms with Gasteiger partial charge in [0.1, 0.15) is 5.82 Å². The van der Waals surface area contributed by atoms with Crippen molar-refractivity contribution in [2.75, 3.05) is 18.0 Å². The molecule has 17 heavy (non-hydrogen) atoms. The molecule has 1 N–H and O–H groups in total. The first-order valence-corrected chi connectivity index (χ1v) is 6.59. The van der Waals surface area contributed by atoms with E-state index in [1.807, 2.05) is 12.1 Å². The number of aliphatic hydroxyl groups is 1. The standard InChI is InChI=1S/C14H22N2O/c1-3-8-16(10-12-4-5-12)14-9-13(11(2)17)6-7-15-14/h6-7,9,11-12,17H,3-5,8,10H2,1-2H3/t11-/m0/s1. The molecule has 1 aliphatic carbocycles. The summed E-state index contributed by atoms with van der Waals surface area (Å²) in [5.74, 6) is 1.87. The molecule has 0 bridgehead atoms. The second-order valence-corrected chi connectivity index (χ2v) is 5.01. The molecule has 1 atom stereocenters. The average Bonchev–Trinajstić information content (AvgIpc) is 3.12. The van der Waals surface area contributed by atoms with Crippen LogP contribution in [-0.4, -0.2) is 23.2 Å². The highest BCUT2D eigenvalue weighted by Crippen LogP contribution is 2.31. The van der Waals surface area contributed by atoms with Crippen molar-refractivity contribution in [1.82, 2.24) is 4.98 Å². The number of anilines is 1. The summed E-state index contributed by atoms with van der Waals surface area (Å²) < 4.78 is 0. The summed E-state index contributed by atoms with van der Waals surface area (Å²) in [4.78, 5) is 6.79. The number of aromatic nitrogens is 1. The van der Waals surface area contributed by atoms with Gasteiger partial charge < -0.3 is 10.0 Å². The summed E-state index contributed by atoms with van der Waals surface area (Å²) in [6, 6.07) is 3.90. The van der Waals surface area contributed by atoms with Crippen LogP contribution in [-0.2, 0) is 0 Å². The Bertz CT molecular complexity index is 361. The second kappa shape index (κ2) is 5.50. The Morgan fingerprint density at radius 3 is 2.88 bits per heavy atom. The lowest BCUT2D eigenvalue weighted by Gasteiger charge is -2.23. The Labute approximate surface area is 103 Å². The molecular weight excluding hydrogens is 212 g/mol. The highest BCUT2D eigenvalue weighted by Gasteiger charge is 2.24. The van der Waals surface area contributed by atoms with Crippen LogP contribution < -0.4 is 4.90 Å². The molecule has 94 valence electrons. The van der Waals surface area contributed by atoms with Gasteiger partial charge in [-0.3, -0.25) is 0 Å². The Morgan fingerprint density at radius 1 is 1.53 bits per heavy atom. The molecule has 1 heterocycles. The van der Waals surface area contributed by atoms with Gasteiger partial charge in [-0.2, -0.15) is 0 Å². The van der Waals surface area contributed by atoms with Gasteiger partial charge in [0.15, 0.2) is 0 Å². The number of aliphatic hydroxyl groups excluding tert-OH is 1. The number of hydrogen-bond donors (Lipinski definition) is 1. The summed E-state index contributed by atoms with van der Waals surface area (Å²) >= 11 is 0. The van der Waals surface area contributed by atoms with Gasteiger partial charge in [0, 0.05) is 19.3 Å². The fourth-order valence-corrected chi connectivity index (χ4v) is 2.05. The number of rotatable bonds is 6. The minimum absolute atomic E-state index is 0.416. The maximum atomic E-state index is 9.61. The third-order valence-electron chi connectivity index (χ3n) is 3.24. The van der Waals surface area contributed by atoms with Crippen molar-refractivity contribution in [2.45, 2.75) is 39.2 Å². The third kappa shape index (κ3) is 3.43. The maximum Gasteiger partial charge on any atom is 0.128 e. The molecule has 0 saturated heterocycles. The molecule has 2 rings (SSSR count). The molecule has 0 amide bonds. The van der Waals surface area contributed by atoms with Crippen LogP contribution in [0, 0.1) is 5.92 Å². The maximum absolute atomic E-state index is 9.61. The smallest absolute Gasteiger partial charge is 0.128 e. The summed E-state index contributed by atoms with van der Waals surface area (Å²) in [6.45, 7) is 6.15. The predicted octanol–water partition coefficient (Wildman–Crippen LogP) is 2.76. The van der Waals surface area contributed by atoms with Gasteiger partial charge in [-0.1, -0.05) is 6.92 Å². The van der Waals surface area contributed by atoms with E-state index in [0.29, 0.717) is 0 Å². The van der Waals surface area contributed by atoms with E-state index in [2.05, 4.69) is 16.8 Å². The molecule has 1 aliphatic rings. The van der Waals surface area contributed by atoms with Gasteiger partial charge in [0.2, 0.25) is 0 Å². The zero-order valence-electron chi connectivity index (χ0n) is 10.8. The van der Waals surface area contributed by atoms with E-state index >= 15 is 0 Å². The van der Waals surface area contributed by atoms with E-state index in [9.17, 15) is 5.11 Å². The molecule has 0 aromatic carbocycles. The summed E-state index contributed by atoms with van der Waals surface area (Å²) in [6.07, 6.45) is 5.23. The molecule has 0 unspecified atom stereocenters. The number of nitrogens with zero attached hydrogens (tertiary/aromatic N) is 2. The first kappa shape index (κ1) is 12.4.